The number of fused-ring (bicyclic) bond motifs is 1. The monoisotopic (exact) mass is 937 g/mol. The highest BCUT2D eigenvalue weighted by Gasteiger charge is 2.48. The van der Waals surface area contributed by atoms with Crippen LogP contribution in [0.1, 0.15) is 128 Å². The number of aliphatic hydroxyl groups excluding tert-OH is 2. The molecule has 11 atom stereocenters. The van der Waals surface area contributed by atoms with Gasteiger partial charge in [-0.15, -0.1) is 8.67 Å². The fraction of sp³-hybridized carbons (Fsp3) is 1.00. The first-order chi connectivity index (χ1) is 30.0. The normalized spacial score (nSPS) is 42.7. The largest absolute Gasteiger partial charge is 0.390 e. The van der Waals surface area contributed by atoms with E-state index in [0.717, 1.165) is 127 Å². The first-order valence-corrected chi connectivity index (χ1v) is 25.7. The molecule has 22 nitrogen and oxygen atoms in total. The summed E-state index contributed by atoms with van der Waals surface area (Å²) in [4.78, 5) is 0. The molecule has 11 unspecified atom stereocenters. The molecule has 62 heavy (non-hydrogen) atoms. The van der Waals surface area contributed by atoms with E-state index in [4.69, 9.17) is 35.3 Å². The van der Waals surface area contributed by atoms with E-state index in [1.807, 2.05) is 0 Å². The fourth-order valence-electron chi connectivity index (χ4n) is 10.7. The van der Waals surface area contributed by atoms with Crippen molar-refractivity contribution in [3.05, 3.63) is 0 Å². The first kappa shape index (κ1) is 48.8. The van der Waals surface area contributed by atoms with Crippen LogP contribution in [0.25, 0.3) is 0 Å². The van der Waals surface area contributed by atoms with Crippen molar-refractivity contribution in [1.82, 2.24) is 26.6 Å². The molecule has 0 bridgehead atoms. The van der Waals surface area contributed by atoms with E-state index in [2.05, 4.69) is 51.2 Å². The van der Waals surface area contributed by atoms with Crippen LogP contribution in [0.2, 0.25) is 0 Å². The van der Waals surface area contributed by atoms with Gasteiger partial charge in [-0.1, -0.05) is 16.5 Å². The molecular weight excluding hydrogens is 871 g/mol. The molecule has 10 N–H and O–H groups in total. The molecule has 0 spiro atoms. The van der Waals surface area contributed by atoms with Crippen LogP contribution in [-0.4, -0.2) is 123 Å². The molecule has 0 amide bonds. The van der Waals surface area contributed by atoms with E-state index in [1.54, 1.807) is 0 Å². The highest BCUT2D eigenvalue weighted by atomic mass is 32.2. The molecular formula is C37H67N11O11S3. The smallest absolute Gasteiger partial charge is 0.267 e. The Kier molecular flexibility index (Phi) is 19.0. The minimum atomic E-state index is -4.12. The van der Waals surface area contributed by atoms with Crippen LogP contribution in [0.5, 0.6) is 0 Å². The fourth-order valence-corrected chi connectivity index (χ4v) is 13.0. The third-order valence-corrected chi connectivity index (χ3v) is 17.1. The molecule has 0 radical (unpaired) electrons. The summed E-state index contributed by atoms with van der Waals surface area (Å²) in [6.07, 6.45) is 13.5. The van der Waals surface area contributed by atoms with Crippen LogP contribution < -0.4 is 26.6 Å². The predicted molar refractivity (Wildman–Crippen MR) is 227 cm³/mol. The van der Waals surface area contributed by atoms with Crippen LogP contribution in [0.4, 0.5) is 0 Å². The molecule has 6 aliphatic carbocycles. The van der Waals surface area contributed by atoms with Crippen LogP contribution >= 0.6 is 24.1 Å². The van der Waals surface area contributed by atoms with Gasteiger partial charge in [0.05, 0.1) is 46.8 Å². The Morgan fingerprint density at radius 1 is 0.565 bits per heavy atom. The number of nitrogens with zero attached hydrogens (tertiary/aromatic N) is 6. The van der Waals surface area contributed by atoms with Crippen molar-refractivity contribution >= 4 is 34.2 Å². The second kappa shape index (κ2) is 24.1. The summed E-state index contributed by atoms with van der Waals surface area (Å²) in [6, 6.07) is 0.304. The van der Waals surface area contributed by atoms with Crippen molar-refractivity contribution in [2.45, 2.75) is 218 Å². The zero-order valence-corrected chi connectivity index (χ0v) is 37.5. The van der Waals surface area contributed by atoms with Gasteiger partial charge in [-0.05, 0) is 134 Å². The van der Waals surface area contributed by atoms with E-state index in [-0.39, 0.29) is 65.8 Å². The van der Waals surface area contributed by atoms with Gasteiger partial charge in [0, 0.05) is 41.4 Å². The van der Waals surface area contributed by atoms with E-state index >= 15 is 0 Å². The Morgan fingerprint density at radius 3 is 1.60 bits per heavy atom. The number of hydrogen-bond acceptors (Lipinski definition) is 23. The molecule has 0 aromatic carbocycles. The molecule has 7 fully saturated rings. The summed E-state index contributed by atoms with van der Waals surface area (Å²) in [5.41, 5.74) is 0. The van der Waals surface area contributed by atoms with Gasteiger partial charge in [0.25, 0.3) is 10.1 Å². The lowest BCUT2D eigenvalue weighted by atomic mass is 9.66. The zero-order chi connectivity index (χ0) is 43.5. The summed E-state index contributed by atoms with van der Waals surface area (Å²) in [5, 5.41) is 91.2. The predicted octanol–water partition coefficient (Wildman–Crippen LogP) is 4.71. The lowest BCUT2D eigenvalue weighted by Gasteiger charge is -2.48. The van der Waals surface area contributed by atoms with Crippen molar-refractivity contribution in [1.29, 1.82) is 0 Å². The van der Waals surface area contributed by atoms with E-state index in [9.17, 15) is 23.2 Å². The topological polar surface area (TPSA) is 307 Å². The maximum Gasteiger partial charge on any atom is 0.267 e. The van der Waals surface area contributed by atoms with Crippen molar-refractivity contribution in [2.24, 2.45) is 42.5 Å². The third-order valence-electron chi connectivity index (χ3n) is 14.1. The van der Waals surface area contributed by atoms with Crippen molar-refractivity contribution in [3.63, 3.8) is 0 Å². The average Bonchev–Trinajstić information content (AvgIpc) is 3.26. The summed E-state index contributed by atoms with van der Waals surface area (Å²) < 4.78 is 42.6. The molecule has 7 aliphatic rings. The SMILES string of the molecule is O=S(=O)(O)C1CCCC(NC2NC(O)NC(NC3CCC4C(C3)CC(SOOO)C(N=NC3CCC(N=NC5CCC(N=NC6CCC(SOOO)CC6)CC5)CC3)C4O)N2)C1. The van der Waals surface area contributed by atoms with Gasteiger partial charge < -0.3 is 10.2 Å². The van der Waals surface area contributed by atoms with Gasteiger partial charge >= 0.3 is 0 Å². The Labute approximate surface area is 372 Å². The zero-order valence-electron chi connectivity index (χ0n) is 35.1. The lowest BCUT2D eigenvalue weighted by Crippen LogP contribution is -2.76. The van der Waals surface area contributed by atoms with Crippen LogP contribution in [0.3, 0.4) is 0 Å². The van der Waals surface area contributed by atoms with Gasteiger partial charge in [-0.3, -0.25) is 31.1 Å². The summed E-state index contributed by atoms with van der Waals surface area (Å²) in [5.74, 6) is 0.141. The number of azo groups is 3. The van der Waals surface area contributed by atoms with Crippen LogP contribution in [0.15, 0.2) is 30.7 Å². The van der Waals surface area contributed by atoms with Crippen LogP contribution in [-0.2, 0) is 28.9 Å². The van der Waals surface area contributed by atoms with Gasteiger partial charge in [0.2, 0.25) is 0 Å². The Hall–Kier alpha value is -1.11. The van der Waals surface area contributed by atoms with Crippen molar-refractivity contribution in [3.8, 4) is 0 Å². The molecule has 1 heterocycles. The maximum atomic E-state index is 11.8. The Morgan fingerprint density at radius 2 is 1.06 bits per heavy atom. The second-order valence-corrected chi connectivity index (χ2v) is 21.9. The van der Waals surface area contributed by atoms with Crippen molar-refractivity contribution in [2.75, 3.05) is 0 Å². The molecule has 6 saturated carbocycles. The quantitative estimate of drug-likeness (QED) is 0.0311. The highest BCUT2D eigenvalue weighted by Crippen LogP contribution is 2.46. The Bertz CT molecular complexity index is 1560. The number of nitrogens with one attached hydrogen (secondary N) is 5. The molecule has 7 rings (SSSR count). The first-order valence-electron chi connectivity index (χ1n) is 22.6. The number of rotatable bonds is 17. The van der Waals surface area contributed by atoms with Gasteiger partial charge in [0.15, 0.2) is 6.35 Å². The molecule has 1 aliphatic heterocycles. The second-order valence-electron chi connectivity index (χ2n) is 18.3. The standard InChI is InChI=1S/C37H67N11O11S3/c49-34-31-17-14-28(39-36-40-35(41-37(50)42-36)38-27-2-1-3-30(20-27)62(53,54)55)18-21(31)19-32(61-59-57-52)33(34)48-47-25-10-8-24(9-11-25)44-43-22-4-6-23(7-5-22)45-46-26-12-15-29(16-13-26)60-58-56-51/h21-42,49-52H,1-20H2,(H,53,54,55). The van der Waals surface area contributed by atoms with Crippen LogP contribution in [0, 0.1) is 11.8 Å². The molecule has 25 heteroatoms. The summed E-state index contributed by atoms with van der Waals surface area (Å²) in [7, 11) is -4.12. The van der Waals surface area contributed by atoms with Gasteiger partial charge in [0.1, 0.15) is 18.6 Å². The molecule has 0 aromatic heterocycles. The van der Waals surface area contributed by atoms with E-state index < -0.39 is 46.4 Å². The van der Waals surface area contributed by atoms with Crippen molar-refractivity contribution < 1.29 is 52.4 Å². The molecule has 1 saturated heterocycles. The van der Waals surface area contributed by atoms with E-state index in [0.29, 0.717) is 24.5 Å². The minimum absolute atomic E-state index is 0.00815. The summed E-state index contributed by atoms with van der Waals surface area (Å²) in [6.45, 7) is 0. The lowest BCUT2D eigenvalue weighted by molar-refractivity contribution is -0.432. The maximum absolute atomic E-state index is 11.8. The van der Waals surface area contributed by atoms with E-state index in [1.165, 1.54) is 0 Å². The van der Waals surface area contributed by atoms with Gasteiger partial charge in [-0.2, -0.15) is 39.1 Å². The van der Waals surface area contributed by atoms with Gasteiger partial charge in [-0.25, -0.2) is 10.5 Å². The Balaban J connectivity index is 0.823. The highest BCUT2D eigenvalue weighted by molar-refractivity contribution is 7.95. The number of aliphatic hydroxyl groups is 2. The molecule has 354 valence electrons. The minimum Gasteiger partial charge on any atom is -0.390 e. The summed E-state index contributed by atoms with van der Waals surface area (Å²) >= 11 is 2.11. The molecule has 0 aromatic rings. The number of hydrogen-bond donors (Lipinski definition) is 10. The average molecular weight is 938 g/mol. The third kappa shape index (κ3) is 14.4.